The number of aliphatic hydroxyl groups is 2. The van der Waals surface area contributed by atoms with Gasteiger partial charge in [-0.1, -0.05) is 13.5 Å². The van der Waals surface area contributed by atoms with Crippen LogP contribution < -0.4 is 80.8 Å². The molecule has 0 aromatic carbocycles. The van der Waals surface area contributed by atoms with Crippen molar-refractivity contribution in [3.05, 3.63) is 12.7 Å². The minimum absolute atomic E-state index is 0. The van der Waals surface area contributed by atoms with E-state index in [1.165, 1.54) is 33.8 Å². The summed E-state index contributed by atoms with van der Waals surface area (Å²) in [6.45, 7) is 10.5. The first-order chi connectivity index (χ1) is 15.7. The molecule has 0 aliphatic heterocycles. The number of carbonyl (C=O) groups excluding carboxylic acids is 2. The summed E-state index contributed by atoms with van der Waals surface area (Å²) < 4.78 is 63.1. The Balaban J connectivity index is -0.000000111. The van der Waals surface area contributed by atoms with Gasteiger partial charge in [-0.15, -0.1) is 6.58 Å². The third-order valence-corrected chi connectivity index (χ3v) is 5.46. The molecule has 0 spiro atoms. The van der Waals surface area contributed by atoms with Crippen molar-refractivity contribution in [1.82, 2.24) is 16.0 Å². The Morgan fingerprint density at radius 3 is 1.53 bits per heavy atom. The number of aliphatic hydroxyl groups excluding tert-OH is 2. The van der Waals surface area contributed by atoms with Gasteiger partial charge in [0.15, 0.2) is 0 Å². The number of carbonyl (C=O) groups is 2. The molecule has 14 nitrogen and oxygen atoms in total. The van der Waals surface area contributed by atoms with Gasteiger partial charge in [0.25, 0.3) is 0 Å². The largest absolute Gasteiger partial charge is 1.00 e. The van der Waals surface area contributed by atoms with E-state index in [0.717, 1.165) is 0 Å². The normalized spacial score (nSPS) is 10.9. The third kappa shape index (κ3) is 43.4. The van der Waals surface area contributed by atoms with Crippen LogP contribution in [-0.4, -0.2) is 103 Å². The van der Waals surface area contributed by atoms with Crippen LogP contribution >= 0.6 is 0 Å². The van der Waals surface area contributed by atoms with E-state index in [1.807, 2.05) is 0 Å². The molecule has 0 aromatic heterocycles. The van der Waals surface area contributed by atoms with Gasteiger partial charge < -0.3 is 41.0 Å². The summed E-state index contributed by atoms with van der Waals surface area (Å²) in [6.07, 6.45) is 1.65. The molecule has 0 saturated heterocycles. The molecule has 18 heteroatoms. The monoisotopic (exact) mass is 610 g/mol. The van der Waals surface area contributed by atoms with Crippen LogP contribution in [0.25, 0.3) is 0 Å². The molecule has 0 radical (unpaired) electrons. The molecular weight excluding hydrogens is 566 g/mol. The zero-order valence-corrected chi connectivity index (χ0v) is 28.3. The maximum atomic E-state index is 11.4. The van der Waals surface area contributed by atoms with E-state index in [1.54, 1.807) is 0 Å². The van der Waals surface area contributed by atoms with E-state index in [0.29, 0.717) is 19.6 Å². The summed E-state index contributed by atoms with van der Waals surface area (Å²) in [7, 11) is -8.70. The summed E-state index contributed by atoms with van der Waals surface area (Å²) in [5.74, 6) is -1.96. The van der Waals surface area contributed by atoms with Crippen LogP contribution in [0.1, 0.15) is 48.0 Å². The van der Waals surface area contributed by atoms with E-state index in [-0.39, 0.29) is 104 Å². The zero-order valence-electron chi connectivity index (χ0n) is 22.7. The molecular formula is C20H44N4Na2O10S2. The average Bonchev–Trinajstić information content (AvgIpc) is 2.61. The molecule has 0 unspecified atom stereocenters. The van der Waals surface area contributed by atoms with Crippen LogP contribution in [0.4, 0.5) is 0 Å². The fourth-order valence-electron chi connectivity index (χ4n) is 2.36. The van der Waals surface area contributed by atoms with Crippen molar-refractivity contribution in [3.8, 4) is 0 Å². The quantitative estimate of drug-likeness (QED) is 0.0464. The number of rotatable bonds is 14. The maximum Gasteiger partial charge on any atom is 1.00 e. The van der Waals surface area contributed by atoms with Crippen molar-refractivity contribution >= 4 is 32.1 Å². The predicted octanol–water partition coefficient (Wildman–Crippen LogP) is -8.02. The number of amides is 2. The molecule has 0 aliphatic carbocycles. The molecule has 0 aliphatic rings. The number of nitrogens with two attached hydrogens (primary N) is 1. The van der Waals surface area contributed by atoms with E-state index in [4.69, 9.17) is 15.9 Å². The van der Waals surface area contributed by atoms with Gasteiger partial charge in [0, 0.05) is 43.6 Å². The second-order valence-corrected chi connectivity index (χ2v) is 11.3. The van der Waals surface area contributed by atoms with Crippen molar-refractivity contribution in [2.45, 2.75) is 59.0 Å². The van der Waals surface area contributed by atoms with Crippen LogP contribution in [0.2, 0.25) is 0 Å². The second-order valence-electron chi connectivity index (χ2n) is 8.50. The standard InChI is InChI=1S/C9H20N2O5S.C8H15NO4S.C2H7NO.CH4.2Na/c1-9(2,7-17(14,15)16)11-8(13)3-4-10-5-6-12;1-4-5-7(10)9-8(2,3)6-14(11,12)13;3-1-2-4;;;/h10,12H,3-7H2,1-2H3,(H,11,13)(H,14,15,16);4H,1,5-6H2,2-3H3,(H,9,10)(H,11,12,13);4H,1-3H2;1H4;;/q;;;;2*+1/p-2. The summed E-state index contributed by atoms with van der Waals surface area (Å²) in [5, 5.41) is 23.9. The molecule has 38 heavy (non-hydrogen) atoms. The van der Waals surface area contributed by atoms with Crippen LogP contribution in [0, 0.1) is 0 Å². The van der Waals surface area contributed by atoms with Crippen molar-refractivity contribution in [1.29, 1.82) is 0 Å². The Kier molecular flexibility index (Phi) is 35.3. The fourth-order valence-corrected chi connectivity index (χ4v) is 4.27. The summed E-state index contributed by atoms with van der Waals surface area (Å²) in [4.78, 5) is 22.5. The van der Waals surface area contributed by atoms with Crippen LogP contribution in [0.5, 0.6) is 0 Å². The number of hydrogen-bond donors (Lipinski definition) is 6. The molecule has 7 N–H and O–H groups in total. The molecule has 0 aromatic rings. The molecule has 2 amide bonds. The predicted molar refractivity (Wildman–Crippen MR) is 136 cm³/mol. The van der Waals surface area contributed by atoms with Crippen molar-refractivity contribution in [2.75, 3.05) is 44.4 Å². The first-order valence-electron chi connectivity index (χ1n) is 10.5. The first kappa shape index (κ1) is 51.1. The average molecular weight is 611 g/mol. The first-order valence-corrected chi connectivity index (χ1v) is 13.6. The van der Waals surface area contributed by atoms with Crippen molar-refractivity contribution < 1.29 is 105 Å². The molecule has 0 heterocycles. The van der Waals surface area contributed by atoms with Crippen molar-refractivity contribution in [2.24, 2.45) is 5.73 Å². The molecule has 0 bridgehead atoms. The fraction of sp³-hybridized carbons (Fsp3) is 0.800. The topological polar surface area (TPSA) is 251 Å². The smallest absolute Gasteiger partial charge is 0.748 e. The number of nitrogens with one attached hydrogen (secondary N) is 3. The van der Waals surface area contributed by atoms with Gasteiger partial charge in [0.2, 0.25) is 11.8 Å². The minimum Gasteiger partial charge on any atom is -0.748 e. The molecule has 0 saturated carbocycles. The van der Waals surface area contributed by atoms with Gasteiger partial charge in [0.1, 0.15) is 0 Å². The van der Waals surface area contributed by atoms with E-state index >= 15 is 0 Å². The molecule has 218 valence electrons. The van der Waals surface area contributed by atoms with E-state index < -0.39 is 42.8 Å². The van der Waals surface area contributed by atoms with E-state index in [2.05, 4.69) is 22.5 Å². The minimum atomic E-state index is -4.37. The van der Waals surface area contributed by atoms with Crippen LogP contribution in [-0.2, 0) is 29.8 Å². The van der Waals surface area contributed by atoms with Crippen LogP contribution in [0.15, 0.2) is 12.7 Å². The second kappa shape index (κ2) is 26.3. The number of hydrogen-bond acceptors (Lipinski definition) is 12. The maximum absolute atomic E-state index is 11.4. The summed E-state index contributed by atoms with van der Waals surface area (Å²) >= 11 is 0. The van der Waals surface area contributed by atoms with Gasteiger partial charge in [-0.2, -0.15) is 0 Å². The van der Waals surface area contributed by atoms with Gasteiger partial charge in [0.05, 0.1) is 45.0 Å². The Labute approximate surface area is 272 Å². The van der Waals surface area contributed by atoms with E-state index in [9.17, 15) is 35.5 Å². The van der Waals surface area contributed by atoms with Crippen molar-refractivity contribution in [3.63, 3.8) is 0 Å². The molecule has 0 atom stereocenters. The molecule has 0 fully saturated rings. The Hall–Kier alpha value is 0.340. The van der Waals surface area contributed by atoms with Crippen LogP contribution in [0.3, 0.4) is 0 Å². The third-order valence-electron chi connectivity index (χ3n) is 3.31. The van der Waals surface area contributed by atoms with Gasteiger partial charge in [-0.05, 0) is 27.7 Å². The summed E-state index contributed by atoms with van der Waals surface area (Å²) in [6, 6.07) is 0. The Bertz CT molecular complexity index is 839. The Morgan fingerprint density at radius 2 is 1.24 bits per heavy atom. The van der Waals surface area contributed by atoms with Gasteiger partial charge >= 0.3 is 59.1 Å². The Morgan fingerprint density at radius 1 is 0.868 bits per heavy atom. The van der Waals surface area contributed by atoms with Gasteiger partial charge in [-0.25, -0.2) is 16.8 Å². The molecule has 0 rings (SSSR count). The SMILES string of the molecule is C.C=CCC(=O)NC(C)(C)CS(=O)(=O)[O-].CC(C)(CS(=O)(=O)[O-])NC(=O)CCNCCO.NCCO.[Na+].[Na+]. The summed E-state index contributed by atoms with van der Waals surface area (Å²) in [5.41, 5.74) is 2.66. The zero-order chi connectivity index (χ0) is 28.3. The van der Waals surface area contributed by atoms with Gasteiger partial charge in [-0.3, -0.25) is 9.59 Å².